The molecule has 2 N–H and O–H groups in total. The zero-order valence-electron chi connectivity index (χ0n) is 15.6. The maximum atomic E-state index is 12.2. The minimum absolute atomic E-state index is 0.00550. The van der Waals surface area contributed by atoms with Gasteiger partial charge >= 0.3 is 5.97 Å². The zero-order chi connectivity index (χ0) is 19.8. The largest absolute Gasteiger partial charge is 0.493 e. The van der Waals surface area contributed by atoms with Crippen LogP contribution in [0.4, 0.5) is 0 Å². The van der Waals surface area contributed by atoms with Crippen LogP contribution in [-0.2, 0) is 17.6 Å². The van der Waals surface area contributed by atoms with E-state index in [0.717, 1.165) is 5.56 Å². The molecular weight excluding hydrogens is 350 g/mol. The molecule has 7 heteroatoms. The molecule has 0 spiro atoms. The van der Waals surface area contributed by atoms with E-state index in [4.69, 9.17) is 14.2 Å². The lowest BCUT2D eigenvalue weighted by Gasteiger charge is -2.16. The Kier molecular flexibility index (Phi) is 7.05. The van der Waals surface area contributed by atoms with Crippen LogP contribution >= 0.6 is 0 Å². The van der Waals surface area contributed by atoms with E-state index in [1.54, 1.807) is 38.5 Å². The average Bonchev–Trinajstić information content (AvgIpc) is 2.67. The molecule has 144 valence electrons. The van der Waals surface area contributed by atoms with Crippen LogP contribution in [0.15, 0.2) is 36.4 Å². The number of hydrogen-bond acceptors (Lipinski definition) is 5. The van der Waals surface area contributed by atoms with Gasteiger partial charge in [-0.1, -0.05) is 24.3 Å². The molecule has 0 saturated carbocycles. The van der Waals surface area contributed by atoms with Crippen LogP contribution < -0.4 is 19.5 Å². The molecule has 7 nitrogen and oxygen atoms in total. The standard InChI is InChI=1S/C20H23NO6/c1-25-16-9-8-13(18(26-2)19(16)27-3)10-11-21-17(22)12-14-6-4-5-7-15(14)20(23)24/h4-9H,10-12H2,1-3H3,(H,21,22)(H,23,24). The van der Waals surface area contributed by atoms with Crippen LogP contribution in [0.3, 0.4) is 0 Å². The summed E-state index contributed by atoms with van der Waals surface area (Å²) >= 11 is 0. The van der Waals surface area contributed by atoms with Crippen molar-refractivity contribution in [1.82, 2.24) is 5.32 Å². The predicted octanol–water partition coefficient (Wildman–Crippen LogP) is 2.31. The average molecular weight is 373 g/mol. The molecule has 0 heterocycles. The molecule has 0 bridgehead atoms. The number of hydrogen-bond donors (Lipinski definition) is 2. The first kappa shape index (κ1) is 20.1. The van der Waals surface area contributed by atoms with Gasteiger partial charge in [0.05, 0.1) is 33.3 Å². The van der Waals surface area contributed by atoms with Crippen molar-refractivity contribution < 1.29 is 28.9 Å². The van der Waals surface area contributed by atoms with Gasteiger partial charge in [0.1, 0.15) is 0 Å². The third-order valence-electron chi connectivity index (χ3n) is 4.10. The van der Waals surface area contributed by atoms with Crippen molar-refractivity contribution in [3.05, 3.63) is 53.1 Å². The lowest BCUT2D eigenvalue weighted by atomic mass is 10.0. The summed E-state index contributed by atoms with van der Waals surface area (Å²) in [7, 11) is 4.63. The summed E-state index contributed by atoms with van der Waals surface area (Å²) in [5.41, 5.74) is 1.47. The van der Waals surface area contributed by atoms with Crippen LogP contribution in [-0.4, -0.2) is 44.9 Å². The number of carbonyl (C=O) groups is 2. The number of rotatable bonds is 9. The normalized spacial score (nSPS) is 10.2. The molecular formula is C20H23NO6. The number of aromatic carboxylic acids is 1. The number of benzene rings is 2. The Balaban J connectivity index is 2.01. The molecule has 27 heavy (non-hydrogen) atoms. The Morgan fingerprint density at radius 1 is 0.926 bits per heavy atom. The number of carboxylic acid groups (broad SMARTS) is 1. The van der Waals surface area contributed by atoms with E-state index in [2.05, 4.69) is 5.32 Å². The van der Waals surface area contributed by atoms with Crippen molar-refractivity contribution in [2.75, 3.05) is 27.9 Å². The van der Waals surface area contributed by atoms with Crippen molar-refractivity contribution in [1.29, 1.82) is 0 Å². The lowest BCUT2D eigenvalue weighted by Crippen LogP contribution is -2.28. The predicted molar refractivity (Wildman–Crippen MR) is 99.9 cm³/mol. The molecule has 2 aromatic carbocycles. The molecule has 0 aliphatic rings. The fraction of sp³-hybridized carbons (Fsp3) is 0.300. The van der Waals surface area contributed by atoms with Gasteiger partial charge in [0.15, 0.2) is 11.5 Å². The Morgan fingerprint density at radius 3 is 2.26 bits per heavy atom. The second-order valence-corrected chi connectivity index (χ2v) is 5.73. The van der Waals surface area contributed by atoms with Crippen molar-refractivity contribution >= 4 is 11.9 Å². The highest BCUT2D eigenvalue weighted by Gasteiger charge is 2.16. The summed E-state index contributed by atoms with van der Waals surface area (Å²) in [6.45, 7) is 0.375. The number of amides is 1. The first-order valence-corrected chi connectivity index (χ1v) is 8.37. The van der Waals surface area contributed by atoms with Crippen molar-refractivity contribution in [3.63, 3.8) is 0 Å². The topological polar surface area (TPSA) is 94.1 Å². The van der Waals surface area contributed by atoms with Gasteiger partial charge in [-0.2, -0.15) is 0 Å². The molecule has 0 atom stereocenters. The minimum atomic E-state index is -1.05. The second-order valence-electron chi connectivity index (χ2n) is 5.73. The van der Waals surface area contributed by atoms with Crippen LogP contribution in [0, 0.1) is 0 Å². The third kappa shape index (κ3) is 4.91. The number of methoxy groups -OCH3 is 3. The molecule has 0 unspecified atom stereocenters. The summed E-state index contributed by atoms with van der Waals surface area (Å²) in [5, 5.41) is 12.0. The van der Waals surface area contributed by atoms with Gasteiger partial charge in [-0.3, -0.25) is 4.79 Å². The Hall–Kier alpha value is -3.22. The van der Waals surface area contributed by atoms with E-state index in [1.807, 2.05) is 6.07 Å². The van der Waals surface area contributed by atoms with E-state index in [1.165, 1.54) is 13.2 Å². The first-order chi connectivity index (χ1) is 13.0. The highest BCUT2D eigenvalue weighted by Crippen LogP contribution is 2.39. The molecule has 0 radical (unpaired) electrons. The Morgan fingerprint density at radius 2 is 1.63 bits per heavy atom. The molecule has 2 aromatic rings. The Labute approximate surface area is 157 Å². The molecule has 0 aliphatic heterocycles. The third-order valence-corrected chi connectivity index (χ3v) is 4.10. The molecule has 0 aliphatic carbocycles. The molecule has 2 rings (SSSR count). The van der Waals surface area contributed by atoms with Crippen LogP contribution in [0.5, 0.6) is 17.2 Å². The fourth-order valence-corrected chi connectivity index (χ4v) is 2.82. The van der Waals surface area contributed by atoms with E-state index in [0.29, 0.717) is 35.8 Å². The molecule has 0 saturated heterocycles. The van der Waals surface area contributed by atoms with E-state index in [-0.39, 0.29) is 17.9 Å². The van der Waals surface area contributed by atoms with Crippen molar-refractivity contribution in [2.45, 2.75) is 12.8 Å². The van der Waals surface area contributed by atoms with E-state index in [9.17, 15) is 14.7 Å². The zero-order valence-corrected chi connectivity index (χ0v) is 15.6. The number of carboxylic acids is 1. The maximum Gasteiger partial charge on any atom is 0.335 e. The van der Waals surface area contributed by atoms with E-state index >= 15 is 0 Å². The molecule has 0 aromatic heterocycles. The highest BCUT2D eigenvalue weighted by atomic mass is 16.5. The van der Waals surface area contributed by atoms with Crippen LogP contribution in [0.1, 0.15) is 21.5 Å². The lowest BCUT2D eigenvalue weighted by molar-refractivity contribution is -0.120. The summed E-state index contributed by atoms with van der Waals surface area (Å²) in [5.74, 6) is 0.325. The monoisotopic (exact) mass is 373 g/mol. The summed E-state index contributed by atoms with van der Waals surface area (Å²) in [6, 6.07) is 10.1. The quantitative estimate of drug-likeness (QED) is 0.701. The minimum Gasteiger partial charge on any atom is -0.493 e. The second kappa shape index (κ2) is 9.47. The van der Waals surface area contributed by atoms with Gasteiger partial charge in [-0.25, -0.2) is 4.79 Å². The Bertz CT molecular complexity index is 818. The van der Waals surface area contributed by atoms with Gasteiger partial charge < -0.3 is 24.6 Å². The maximum absolute atomic E-state index is 12.2. The van der Waals surface area contributed by atoms with E-state index < -0.39 is 5.97 Å². The SMILES string of the molecule is COc1ccc(CCNC(=O)Cc2ccccc2C(=O)O)c(OC)c1OC. The van der Waals surface area contributed by atoms with Gasteiger partial charge in [-0.15, -0.1) is 0 Å². The van der Waals surface area contributed by atoms with Gasteiger partial charge in [-0.05, 0) is 24.1 Å². The van der Waals surface area contributed by atoms with Crippen molar-refractivity contribution in [2.24, 2.45) is 0 Å². The summed E-state index contributed by atoms with van der Waals surface area (Å²) in [6.07, 6.45) is 0.529. The smallest absolute Gasteiger partial charge is 0.335 e. The number of nitrogens with one attached hydrogen (secondary N) is 1. The number of ether oxygens (including phenoxy) is 3. The highest BCUT2D eigenvalue weighted by molar-refractivity contribution is 5.91. The molecule has 1 amide bonds. The van der Waals surface area contributed by atoms with Gasteiger partial charge in [0.2, 0.25) is 11.7 Å². The van der Waals surface area contributed by atoms with Crippen LogP contribution in [0.25, 0.3) is 0 Å². The van der Waals surface area contributed by atoms with Gasteiger partial charge in [0.25, 0.3) is 0 Å². The van der Waals surface area contributed by atoms with Gasteiger partial charge in [0, 0.05) is 12.1 Å². The number of carbonyl (C=O) groups excluding carboxylic acids is 1. The molecule has 0 fully saturated rings. The first-order valence-electron chi connectivity index (χ1n) is 8.37. The van der Waals surface area contributed by atoms with Crippen LogP contribution in [0.2, 0.25) is 0 Å². The summed E-state index contributed by atoms with van der Waals surface area (Å²) < 4.78 is 16.0. The summed E-state index contributed by atoms with van der Waals surface area (Å²) in [4.78, 5) is 23.4. The fourth-order valence-electron chi connectivity index (χ4n) is 2.82. The van der Waals surface area contributed by atoms with Crippen molar-refractivity contribution in [3.8, 4) is 17.2 Å².